The number of benzene rings is 2. The lowest BCUT2D eigenvalue weighted by Gasteiger charge is -2.11. The number of hydrogen-bond donors (Lipinski definition) is 1. The van der Waals surface area contributed by atoms with E-state index < -0.39 is 5.97 Å². The van der Waals surface area contributed by atoms with Crippen molar-refractivity contribution in [3.8, 4) is 16.9 Å². The Kier molecular flexibility index (Phi) is 3.28. The van der Waals surface area contributed by atoms with Gasteiger partial charge in [-0.25, -0.2) is 9.18 Å². The molecule has 3 nitrogen and oxygen atoms in total. The molecule has 0 spiro atoms. The van der Waals surface area contributed by atoms with Gasteiger partial charge in [0.25, 0.3) is 0 Å². The maximum Gasteiger partial charge on any atom is 0.336 e. The molecule has 1 N–H and O–H groups in total. The molecule has 0 saturated heterocycles. The molecule has 0 bridgehead atoms. The first kappa shape index (κ1) is 12.1. The van der Waals surface area contributed by atoms with Gasteiger partial charge in [-0.15, -0.1) is 0 Å². The zero-order chi connectivity index (χ0) is 13.1. The monoisotopic (exact) mass is 246 g/mol. The van der Waals surface area contributed by atoms with E-state index in [1.54, 1.807) is 12.1 Å². The van der Waals surface area contributed by atoms with Gasteiger partial charge in [0.05, 0.1) is 12.7 Å². The summed E-state index contributed by atoms with van der Waals surface area (Å²) in [4.78, 5) is 11.2. The summed E-state index contributed by atoms with van der Waals surface area (Å²) in [7, 11) is 1.47. The lowest BCUT2D eigenvalue weighted by Crippen LogP contribution is -2.01. The largest absolute Gasteiger partial charge is 0.496 e. The van der Waals surface area contributed by atoms with E-state index in [0.29, 0.717) is 16.9 Å². The van der Waals surface area contributed by atoms with Crippen LogP contribution in [0, 0.1) is 5.82 Å². The van der Waals surface area contributed by atoms with E-state index in [4.69, 9.17) is 4.74 Å². The number of carbonyl (C=O) groups is 1. The number of hydrogen-bond acceptors (Lipinski definition) is 2. The topological polar surface area (TPSA) is 46.5 Å². The molecule has 2 aromatic carbocycles. The molecule has 0 saturated carbocycles. The fourth-order valence-corrected chi connectivity index (χ4v) is 1.79. The van der Waals surface area contributed by atoms with Crippen molar-refractivity contribution in [3.05, 3.63) is 53.8 Å². The Bertz CT molecular complexity index is 576. The van der Waals surface area contributed by atoms with Gasteiger partial charge in [0.15, 0.2) is 0 Å². The first-order chi connectivity index (χ1) is 8.63. The normalized spacial score (nSPS) is 10.1. The SMILES string of the molecule is COc1cccc(C(=O)O)c1-c1ccc(F)cc1. The average Bonchev–Trinajstić information content (AvgIpc) is 2.38. The van der Waals surface area contributed by atoms with Crippen molar-refractivity contribution in [1.29, 1.82) is 0 Å². The van der Waals surface area contributed by atoms with Gasteiger partial charge in [-0.1, -0.05) is 18.2 Å². The molecule has 0 unspecified atom stereocenters. The Balaban J connectivity index is 2.67. The van der Waals surface area contributed by atoms with Crippen LogP contribution >= 0.6 is 0 Å². The van der Waals surface area contributed by atoms with E-state index in [1.807, 2.05) is 0 Å². The Morgan fingerprint density at radius 1 is 1.17 bits per heavy atom. The minimum absolute atomic E-state index is 0.126. The molecule has 0 fully saturated rings. The number of ether oxygens (including phenoxy) is 1. The Morgan fingerprint density at radius 3 is 2.39 bits per heavy atom. The average molecular weight is 246 g/mol. The number of halogens is 1. The zero-order valence-electron chi connectivity index (χ0n) is 9.68. The predicted molar refractivity (Wildman–Crippen MR) is 65.3 cm³/mol. The van der Waals surface area contributed by atoms with E-state index in [2.05, 4.69) is 0 Å². The maximum absolute atomic E-state index is 12.9. The second-order valence-corrected chi connectivity index (χ2v) is 3.69. The predicted octanol–water partition coefficient (Wildman–Crippen LogP) is 3.20. The van der Waals surface area contributed by atoms with Crippen LogP contribution in [0.1, 0.15) is 10.4 Å². The van der Waals surface area contributed by atoms with E-state index in [-0.39, 0.29) is 11.4 Å². The van der Waals surface area contributed by atoms with E-state index in [9.17, 15) is 14.3 Å². The molecule has 4 heteroatoms. The molecule has 0 aliphatic carbocycles. The van der Waals surface area contributed by atoms with Gasteiger partial charge < -0.3 is 9.84 Å². The summed E-state index contributed by atoms with van der Waals surface area (Å²) >= 11 is 0. The van der Waals surface area contributed by atoms with Crippen molar-refractivity contribution in [1.82, 2.24) is 0 Å². The zero-order valence-corrected chi connectivity index (χ0v) is 9.68. The molecule has 0 atom stereocenters. The molecule has 0 heterocycles. The van der Waals surface area contributed by atoms with Crippen LogP contribution in [0.3, 0.4) is 0 Å². The summed E-state index contributed by atoms with van der Waals surface area (Å²) in [5, 5.41) is 9.17. The van der Waals surface area contributed by atoms with Gasteiger partial charge in [-0.3, -0.25) is 0 Å². The van der Waals surface area contributed by atoms with Crippen molar-refractivity contribution < 1.29 is 19.0 Å². The molecule has 0 aromatic heterocycles. The standard InChI is InChI=1S/C14H11FO3/c1-18-12-4-2-3-11(14(16)17)13(12)9-5-7-10(15)8-6-9/h2-8H,1H3,(H,16,17). The summed E-state index contributed by atoms with van der Waals surface area (Å²) in [5.41, 5.74) is 1.18. The number of aromatic carboxylic acids is 1. The quantitative estimate of drug-likeness (QED) is 0.904. The second kappa shape index (κ2) is 4.87. The highest BCUT2D eigenvalue weighted by molar-refractivity contribution is 5.98. The van der Waals surface area contributed by atoms with Crippen molar-refractivity contribution in [2.45, 2.75) is 0 Å². The van der Waals surface area contributed by atoms with E-state index >= 15 is 0 Å². The summed E-state index contributed by atoms with van der Waals surface area (Å²) < 4.78 is 18.1. The Labute approximate surface area is 103 Å². The maximum atomic E-state index is 12.9. The second-order valence-electron chi connectivity index (χ2n) is 3.69. The fraction of sp³-hybridized carbons (Fsp3) is 0.0714. The first-order valence-electron chi connectivity index (χ1n) is 5.29. The van der Waals surface area contributed by atoms with E-state index in [0.717, 1.165) is 0 Å². The molecule has 18 heavy (non-hydrogen) atoms. The molecule has 0 aliphatic rings. The minimum atomic E-state index is -1.05. The van der Waals surface area contributed by atoms with Crippen LogP contribution in [0.15, 0.2) is 42.5 Å². The third-order valence-electron chi connectivity index (χ3n) is 2.61. The molecular formula is C14H11FO3. The highest BCUT2D eigenvalue weighted by atomic mass is 19.1. The third-order valence-corrected chi connectivity index (χ3v) is 2.61. The summed E-state index contributed by atoms with van der Waals surface area (Å²) in [5.74, 6) is -0.972. The number of carboxylic acid groups (broad SMARTS) is 1. The fourth-order valence-electron chi connectivity index (χ4n) is 1.79. The molecular weight excluding hydrogens is 235 g/mol. The lowest BCUT2D eigenvalue weighted by molar-refractivity contribution is 0.0697. The van der Waals surface area contributed by atoms with Gasteiger partial charge in [0.1, 0.15) is 11.6 Å². The lowest BCUT2D eigenvalue weighted by atomic mass is 9.98. The third kappa shape index (κ3) is 2.18. The van der Waals surface area contributed by atoms with E-state index in [1.165, 1.54) is 37.4 Å². The van der Waals surface area contributed by atoms with Crippen LogP contribution in [0.2, 0.25) is 0 Å². The molecule has 0 radical (unpaired) electrons. The van der Waals surface area contributed by atoms with Crippen LogP contribution in [-0.2, 0) is 0 Å². The smallest absolute Gasteiger partial charge is 0.336 e. The number of methoxy groups -OCH3 is 1. The van der Waals surface area contributed by atoms with Crippen molar-refractivity contribution >= 4 is 5.97 Å². The van der Waals surface area contributed by atoms with Crippen LogP contribution in [-0.4, -0.2) is 18.2 Å². The van der Waals surface area contributed by atoms with Gasteiger partial charge in [-0.2, -0.15) is 0 Å². The summed E-state index contributed by atoms with van der Waals surface area (Å²) in [6.45, 7) is 0. The van der Waals surface area contributed by atoms with Crippen molar-refractivity contribution in [2.75, 3.05) is 7.11 Å². The molecule has 2 rings (SSSR count). The highest BCUT2D eigenvalue weighted by Crippen LogP contribution is 2.33. The summed E-state index contributed by atoms with van der Waals surface area (Å²) in [6.07, 6.45) is 0. The number of carboxylic acids is 1. The number of rotatable bonds is 3. The molecule has 2 aromatic rings. The van der Waals surface area contributed by atoms with Crippen molar-refractivity contribution in [3.63, 3.8) is 0 Å². The van der Waals surface area contributed by atoms with Gasteiger partial charge in [0, 0.05) is 5.56 Å². The van der Waals surface area contributed by atoms with Gasteiger partial charge >= 0.3 is 5.97 Å². The summed E-state index contributed by atoms with van der Waals surface area (Å²) in [6, 6.07) is 10.4. The molecule has 92 valence electrons. The van der Waals surface area contributed by atoms with Crippen molar-refractivity contribution in [2.24, 2.45) is 0 Å². The minimum Gasteiger partial charge on any atom is -0.496 e. The van der Waals surface area contributed by atoms with Gasteiger partial charge in [0.2, 0.25) is 0 Å². The highest BCUT2D eigenvalue weighted by Gasteiger charge is 2.16. The molecule has 0 aliphatic heterocycles. The first-order valence-corrected chi connectivity index (χ1v) is 5.29. The Hall–Kier alpha value is -2.36. The van der Waals surface area contributed by atoms with Crippen LogP contribution < -0.4 is 4.74 Å². The van der Waals surface area contributed by atoms with Crippen LogP contribution in [0.25, 0.3) is 11.1 Å². The molecule has 0 amide bonds. The van der Waals surface area contributed by atoms with Crippen LogP contribution in [0.5, 0.6) is 5.75 Å². The Morgan fingerprint density at radius 2 is 1.83 bits per heavy atom. The van der Waals surface area contributed by atoms with Gasteiger partial charge in [-0.05, 0) is 29.8 Å². The van der Waals surface area contributed by atoms with Crippen LogP contribution in [0.4, 0.5) is 4.39 Å².